The van der Waals surface area contributed by atoms with Crippen LogP contribution in [0.5, 0.6) is 0 Å². The van der Waals surface area contributed by atoms with Crippen molar-refractivity contribution in [1.29, 1.82) is 0 Å². The van der Waals surface area contributed by atoms with Crippen LogP contribution in [-0.2, 0) is 19.2 Å². The predicted molar refractivity (Wildman–Crippen MR) is 50.9 cm³/mol. The van der Waals surface area contributed by atoms with Gasteiger partial charge in [0.1, 0.15) is 0 Å². The summed E-state index contributed by atoms with van der Waals surface area (Å²) in [6, 6.07) is 0. The molecule has 0 aromatic rings. The Bertz CT molecular complexity index is 246. The molecule has 12 heavy (non-hydrogen) atoms. The first-order chi connectivity index (χ1) is 5.59. The molecule has 1 rings (SSSR count). The summed E-state index contributed by atoms with van der Waals surface area (Å²) in [5.74, 6) is 0.744. The van der Waals surface area contributed by atoms with Gasteiger partial charge in [-0.2, -0.15) is 0 Å². The average Bonchev–Trinajstić information content (AvgIpc) is 2.23. The predicted octanol–water partition coefficient (Wildman–Crippen LogP) is 3.84. The van der Waals surface area contributed by atoms with Crippen LogP contribution in [0.2, 0.25) is 9.95 Å². The maximum atomic E-state index is 2.38. The molecule has 0 bridgehead atoms. The Balaban J connectivity index is 2.92. The second-order valence-electron chi connectivity index (χ2n) is 3.71. The molecule has 0 aromatic carbocycles. The Morgan fingerprint density at radius 2 is 1.75 bits per heavy atom. The van der Waals surface area contributed by atoms with Gasteiger partial charge < -0.3 is 0 Å². The molecule has 0 spiro atoms. The van der Waals surface area contributed by atoms with E-state index in [-0.39, 0.29) is 0 Å². The summed E-state index contributed by atoms with van der Waals surface area (Å²) in [6.07, 6.45) is 0. The minimum atomic E-state index is 0.300. The molecule has 0 amide bonds. The second-order valence-corrected chi connectivity index (χ2v) is 5.37. The van der Waals surface area contributed by atoms with Gasteiger partial charge in [0.15, 0.2) is 0 Å². The van der Waals surface area contributed by atoms with Gasteiger partial charge in [0.2, 0.25) is 0 Å². The molecular weight excluding hydrogens is 180 g/mol. The fraction of sp³-hybridized carbons (Fsp3) is 0.636. The van der Waals surface area contributed by atoms with Crippen LogP contribution in [0.1, 0.15) is 27.7 Å². The van der Waals surface area contributed by atoms with E-state index in [1.54, 1.807) is 22.3 Å². The average molecular weight is 198 g/mol. The summed E-state index contributed by atoms with van der Waals surface area (Å²) < 4.78 is 1.40. The number of rotatable bonds is 2. The van der Waals surface area contributed by atoms with Gasteiger partial charge in [-0.3, -0.25) is 0 Å². The van der Waals surface area contributed by atoms with Crippen LogP contribution in [0.25, 0.3) is 0 Å². The quantitative estimate of drug-likeness (QED) is 0.591. The van der Waals surface area contributed by atoms with Gasteiger partial charge in [0.25, 0.3) is 0 Å². The van der Waals surface area contributed by atoms with E-state index in [0.717, 1.165) is 5.92 Å². The van der Waals surface area contributed by atoms with Crippen molar-refractivity contribution in [1.82, 2.24) is 0 Å². The van der Waals surface area contributed by atoms with Crippen LogP contribution in [0.3, 0.4) is 0 Å². The van der Waals surface area contributed by atoms with Crippen molar-refractivity contribution in [2.75, 3.05) is 0 Å². The molecule has 1 unspecified atom stereocenters. The molecule has 0 saturated carbocycles. The summed E-state index contributed by atoms with van der Waals surface area (Å²) in [5, 5.41) is 2.38. The van der Waals surface area contributed by atoms with E-state index < -0.39 is 0 Å². The molecule has 0 aromatic heterocycles. The fourth-order valence-corrected chi connectivity index (χ4v) is 3.41. The Kier molecular flexibility index (Phi) is 3.37. The van der Waals surface area contributed by atoms with Crippen molar-refractivity contribution in [2.24, 2.45) is 5.92 Å². The molecular formula is C11H18Ti. The van der Waals surface area contributed by atoms with Crippen LogP contribution in [0.4, 0.5) is 0 Å². The van der Waals surface area contributed by atoms with Gasteiger partial charge in [-0.05, 0) is 0 Å². The van der Waals surface area contributed by atoms with E-state index in [0.29, 0.717) is 19.2 Å². The molecule has 0 saturated heterocycles. The molecule has 1 aliphatic carbocycles. The summed E-state index contributed by atoms with van der Waals surface area (Å²) in [7, 11) is 0. The third-order valence-corrected chi connectivity index (χ3v) is 4.32. The molecule has 0 N–H and O–H groups in total. The van der Waals surface area contributed by atoms with E-state index in [4.69, 9.17) is 0 Å². The second kappa shape index (κ2) is 3.93. The fourth-order valence-electron chi connectivity index (χ4n) is 1.92. The zero-order chi connectivity index (χ0) is 9.30. The molecule has 0 heterocycles. The Labute approximate surface area is 85.1 Å². The van der Waals surface area contributed by atoms with Crippen LogP contribution in [0, 0.1) is 5.92 Å². The Hall–Kier alpha value is 0.194. The van der Waals surface area contributed by atoms with Gasteiger partial charge in [-0.1, -0.05) is 0 Å². The van der Waals surface area contributed by atoms with Gasteiger partial charge in [-0.25, -0.2) is 0 Å². The SMILES string of the molecule is [CH3][Ti][CH2]C1=C(C)C(C)=C(C)C1C. The van der Waals surface area contributed by atoms with Crippen molar-refractivity contribution in [3.05, 3.63) is 22.3 Å². The van der Waals surface area contributed by atoms with Crippen LogP contribution in [0.15, 0.2) is 22.3 Å². The van der Waals surface area contributed by atoms with Gasteiger partial charge >= 0.3 is 85.0 Å². The van der Waals surface area contributed by atoms with Crippen LogP contribution < -0.4 is 0 Å². The Morgan fingerprint density at radius 1 is 1.17 bits per heavy atom. The topological polar surface area (TPSA) is 0 Å². The number of allylic oxidation sites excluding steroid dienone is 4. The Morgan fingerprint density at radius 3 is 2.08 bits per heavy atom. The van der Waals surface area contributed by atoms with E-state index in [1.165, 1.54) is 4.73 Å². The van der Waals surface area contributed by atoms with Gasteiger partial charge in [0.05, 0.1) is 0 Å². The van der Waals surface area contributed by atoms with Crippen molar-refractivity contribution in [3.63, 3.8) is 0 Å². The normalized spacial score (nSPS) is 23.9. The summed E-state index contributed by atoms with van der Waals surface area (Å²) in [4.78, 5) is 0. The number of hydrogen-bond donors (Lipinski definition) is 0. The summed E-state index contributed by atoms with van der Waals surface area (Å²) in [5.41, 5.74) is 6.47. The summed E-state index contributed by atoms with van der Waals surface area (Å²) >= 11 is 0.300. The van der Waals surface area contributed by atoms with Crippen molar-refractivity contribution in [3.8, 4) is 0 Å². The number of hydrogen-bond acceptors (Lipinski definition) is 0. The molecule has 1 aliphatic rings. The molecule has 1 heteroatoms. The van der Waals surface area contributed by atoms with E-state index in [1.807, 2.05) is 0 Å². The molecule has 66 valence electrons. The third kappa shape index (κ3) is 1.60. The van der Waals surface area contributed by atoms with Crippen molar-refractivity contribution < 1.29 is 19.2 Å². The molecule has 0 nitrogen and oxygen atoms in total. The first-order valence-electron chi connectivity index (χ1n) is 4.61. The zero-order valence-electron chi connectivity index (χ0n) is 8.78. The van der Waals surface area contributed by atoms with E-state index in [9.17, 15) is 0 Å². The van der Waals surface area contributed by atoms with Crippen LogP contribution >= 0.6 is 0 Å². The standard InChI is InChI=1S/C10H15.CH3.Ti/c1-6-7(2)9(4)10(5)8(6)3;;/h7H,1H2,2-5H3;1H3;. The van der Waals surface area contributed by atoms with Crippen molar-refractivity contribution >= 4 is 0 Å². The first kappa shape index (κ1) is 10.3. The third-order valence-electron chi connectivity index (χ3n) is 3.18. The monoisotopic (exact) mass is 198 g/mol. The van der Waals surface area contributed by atoms with Crippen LogP contribution in [-0.4, -0.2) is 0 Å². The maximum absolute atomic E-state index is 2.38. The van der Waals surface area contributed by atoms with Gasteiger partial charge in [-0.15, -0.1) is 0 Å². The van der Waals surface area contributed by atoms with E-state index >= 15 is 0 Å². The zero-order valence-corrected chi connectivity index (χ0v) is 10.3. The van der Waals surface area contributed by atoms with Crippen molar-refractivity contribution in [2.45, 2.75) is 37.6 Å². The molecule has 0 aliphatic heterocycles. The molecule has 0 fully saturated rings. The minimum absolute atomic E-state index is 0.300. The molecule has 1 atom stereocenters. The molecule has 0 radical (unpaired) electrons. The first-order valence-corrected chi connectivity index (χ1v) is 7.28. The summed E-state index contributed by atoms with van der Waals surface area (Å²) in [6.45, 7) is 9.20. The van der Waals surface area contributed by atoms with E-state index in [2.05, 4.69) is 32.9 Å². The van der Waals surface area contributed by atoms with Gasteiger partial charge in [0, 0.05) is 0 Å².